The average Bonchev–Trinajstić information content (AvgIpc) is 2.03. The predicted molar refractivity (Wildman–Crippen MR) is 57.9 cm³/mol. The van der Waals surface area contributed by atoms with Crippen LogP contribution in [0, 0.1) is 0 Å². The molecule has 0 radical (unpaired) electrons. The molecule has 0 rings (SSSR count). The summed E-state index contributed by atoms with van der Waals surface area (Å²) in [5.41, 5.74) is 0.442. The van der Waals surface area contributed by atoms with Crippen LogP contribution in [0.4, 0.5) is 0 Å². The lowest BCUT2D eigenvalue weighted by atomic mass is 10.2. The van der Waals surface area contributed by atoms with Crippen LogP contribution in [0.2, 0.25) is 0 Å². The van der Waals surface area contributed by atoms with E-state index in [1.165, 1.54) is 0 Å². The van der Waals surface area contributed by atoms with Gasteiger partial charge in [0.05, 0.1) is 6.61 Å². The lowest BCUT2D eigenvalue weighted by Crippen LogP contribution is -2.39. The van der Waals surface area contributed by atoms with Crippen LogP contribution < -0.4 is 0 Å². The first-order valence-electron chi connectivity index (χ1n) is 5.06. The topological polar surface area (TPSA) is 29.5 Å². The van der Waals surface area contributed by atoms with Crippen LogP contribution in [0.15, 0.2) is 12.3 Å². The third-order valence-electron chi connectivity index (χ3n) is 1.94. The van der Waals surface area contributed by atoms with Gasteiger partial charge in [-0.3, -0.25) is 0 Å². The number of rotatable bonds is 5. The van der Waals surface area contributed by atoms with Gasteiger partial charge in [0, 0.05) is 12.1 Å². The van der Waals surface area contributed by atoms with Gasteiger partial charge in [-0.15, -0.1) is 0 Å². The molecule has 0 saturated carbocycles. The highest BCUT2D eigenvalue weighted by Gasteiger charge is 2.21. The van der Waals surface area contributed by atoms with Gasteiger partial charge >= 0.3 is 5.97 Å². The molecule has 0 spiro atoms. The average molecular weight is 199 g/mol. The predicted octanol–water partition coefficient (Wildman–Crippen LogP) is 2.18. The maximum absolute atomic E-state index is 11.4. The van der Waals surface area contributed by atoms with Gasteiger partial charge < -0.3 is 9.64 Å². The number of ether oxygens (including phenoxy) is 1. The van der Waals surface area contributed by atoms with Crippen molar-refractivity contribution in [2.75, 3.05) is 6.61 Å². The zero-order valence-electron chi connectivity index (χ0n) is 9.83. The van der Waals surface area contributed by atoms with Crippen molar-refractivity contribution in [3.63, 3.8) is 0 Å². The quantitative estimate of drug-likeness (QED) is 0.502. The second kappa shape index (κ2) is 5.68. The molecule has 3 heteroatoms. The first kappa shape index (κ1) is 13.0. The van der Waals surface area contributed by atoms with Crippen LogP contribution in [-0.2, 0) is 9.53 Å². The monoisotopic (exact) mass is 199 g/mol. The van der Waals surface area contributed by atoms with Gasteiger partial charge in [0.1, 0.15) is 5.70 Å². The number of hydrogen-bond acceptors (Lipinski definition) is 3. The van der Waals surface area contributed by atoms with E-state index >= 15 is 0 Å². The van der Waals surface area contributed by atoms with Gasteiger partial charge in [-0.2, -0.15) is 0 Å². The van der Waals surface area contributed by atoms with E-state index in [0.717, 1.165) is 0 Å². The first-order chi connectivity index (χ1) is 6.41. The Morgan fingerprint density at radius 3 is 2.00 bits per heavy atom. The molecule has 0 aliphatic carbocycles. The number of nitrogens with zero attached hydrogens (tertiary/aromatic N) is 1. The summed E-state index contributed by atoms with van der Waals surface area (Å²) in [6.45, 7) is 14.1. The summed E-state index contributed by atoms with van der Waals surface area (Å²) < 4.78 is 4.90. The molecule has 0 saturated heterocycles. The molecule has 0 aromatic carbocycles. The maximum atomic E-state index is 11.4. The normalized spacial score (nSPS) is 10.5. The second-order valence-corrected chi connectivity index (χ2v) is 3.76. The summed E-state index contributed by atoms with van der Waals surface area (Å²) in [6, 6.07) is 0.513. The highest BCUT2D eigenvalue weighted by molar-refractivity contribution is 5.87. The molecule has 0 aromatic rings. The van der Waals surface area contributed by atoms with Crippen molar-refractivity contribution in [3.05, 3.63) is 12.3 Å². The minimum absolute atomic E-state index is 0.256. The summed E-state index contributed by atoms with van der Waals surface area (Å²) >= 11 is 0. The Morgan fingerprint density at radius 2 is 1.71 bits per heavy atom. The second-order valence-electron chi connectivity index (χ2n) is 3.76. The Balaban J connectivity index is 4.52. The molecule has 0 heterocycles. The maximum Gasteiger partial charge on any atom is 0.353 e. The molecule has 0 bridgehead atoms. The molecule has 0 aliphatic rings. The van der Waals surface area contributed by atoms with Gasteiger partial charge in [0.2, 0.25) is 0 Å². The Hall–Kier alpha value is -0.990. The summed E-state index contributed by atoms with van der Waals surface area (Å²) in [6.07, 6.45) is 0. The van der Waals surface area contributed by atoms with Crippen LogP contribution in [0.3, 0.4) is 0 Å². The standard InChI is InChI=1S/C11H21NO2/c1-7-14-11(13)10(6)12(8(2)3)9(4)5/h8-9H,6-7H2,1-5H3. The summed E-state index contributed by atoms with van der Waals surface area (Å²) in [5, 5.41) is 0. The van der Waals surface area contributed by atoms with Crippen LogP contribution >= 0.6 is 0 Å². The molecule has 0 atom stereocenters. The summed E-state index contributed by atoms with van der Waals surface area (Å²) in [4.78, 5) is 13.4. The zero-order chi connectivity index (χ0) is 11.3. The van der Waals surface area contributed by atoms with Crippen molar-refractivity contribution in [2.45, 2.75) is 46.7 Å². The highest BCUT2D eigenvalue weighted by atomic mass is 16.5. The Bertz CT molecular complexity index is 201. The lowest BCUT2D eigenvalue weighted by molar-refractivity contribution is -0.140. The van der Waals surface area contributed by atoms with Crippen molar-refractivity contribution in [1.29, 1.82) is 0 Å². The minimum atomic E-state index is -0.324. The molecular formula is C11H21NO2. The highest BCUT2D eigenvalue weighted by Crippen LogP contribution is 2.13. The smallest absolute Gasteiger partial charge is 0.353 e. The van der Waals surface area contributed by atoms with E-state index < -0.39 is 0 Å². The molecule has 0 aliphatic heterocycles. The fourth-order valence-electron chi connectivity index (χ4n) is 1.54. The van der Waals surface area contributed by atoms with E-state index in [1.807, 2.05) is 32.6 Å². The van der Waals surface area contributed by atoms with Gasteiger partial charge in [-0.05, 0) is 34.6 Å². The lowest BCUT2D eigenvalue weighted by Gasteiger charge is -2.33. The number of esters is 1. The zero-order valence-corrected chi connectivity index (χ0v) is 9.83. The third kappa shape index (κ3) is 3.40. The Kier molecular flexibility index (Phi) is 5.28. The number of carbonyl (C=O) groups is 1. The van der Waals surface area contributed by atoms with Crippen molar-refractivity contribution < 1.29 is 9.53 Å². The van der Waals surface area contributed by atoms with E-state index in [9.17, 15) is 4.79 Å². The fraction of sp³-hybridized carbons (Fsp3) is 0.727. The third-order valence-corrected chi connectivity index (χ3v) is 1.94. The SMILES string of the molecule is C=C(C(=O)OCC)N(C(C)C)C(C)C. The summed E-state index contributed by atoms with van der Waals surface area (Å²) in [5.74, 6) is -0.324. The van der Waals surface area contributed by atoms with Gasteiger partial charge in [-0.1, -0.05) is 6.58 Å². The van der Waals surface area contributed by atoms with Crippen LogP contribution in [0.1, 0.15) is 34.6 Å². The van der Waals surface area contributed by atoms with E-state index in [-0.39, 0.29) is 18.1 Å². The molecule has 0 N–H and O–H groups in total. The van der Waals surface area contributed by atoms with Crippen molar-refractivity contribution in [2.24, 2.45) is 0 Å². The number of carbonyl (C=O) groups excluding carboxylic acids is 1. The Labute approximate surface area is 86.7 Å². The molecule has 82 valence electrons. The largest absolute Gasteiger partial charge is 0.461 e. The van der Waals surface area contributed by atoms with Crippen molar-refractivity contribution in [1.82, 2.24) is 4.90 Å². The van der Waals surface area contributed by atoms with Crippen LogP contribution in [-0.4, -0.2) is 29.6 Å². The van der Waals surface area contributed by atoms with E-state index in [2.05, 4.69) is 6.58 Å². The minimum Gasteiger partial charge on any atom is -0.461 e. The van der Waals surface area contributed by atoms with E-state index in [4.69, 9.17) is 4.74 Å². The summed E-state index contributed by atoms with van der Waals surface area (Å²) in [7, 11) is 0. The molecule has 14 heavy (non-hydrogen) atoms. The molecule has 0 fully saturated rings. The van der Waals surface area contributed by atoms with Crippen molar-refractivity contribution in [3.8, 4) is 0 Å². The van der Waals surface area contributed by atoms with Gasteiger partial charge in [0.15, 0.2) is 0 Å². The van der Waals surface area contributed by atoms with E-state index in [0.29, 0.717) is 12.3 Å². The first-order valence-corrected chi connectivity index (χ1v) is 5.06. The Morgan fingerprint density at radius 1 is 1.29 bits per heavy atom. The molecule has 0 amide bonds. The molecule has 0 aromatic heterocycles. The fourth-order valence-corrected chi connectivity index (χ4v) is 1.54. The van der Waals surface area contributed by atoms with Gasteiger partial charge in [-0.25, -0.2) is 4.79 Å². The van der Waals surface area contributed by atoms with Crippen LogP contribution in [0.5, 0.6) is 0 Å². The molecule has 0 unspecified atom stereocenters. The molecule has 3 nitrogen and oxygen atoms in total. The molecular weight excluding hydrogens is 178 g/mol. The van der Waals surface area contributed by atoms with Crippen LogP contribution in [0.25, 0.3) is 0 Å². The van der Waals surface area contributed by atoms with E-state index in [1.54, 1.807) is 6.92 Å². The number of hydrogen-bond donors (Lipinski definition) is 0. The van der Waals surface area contributed by atoms with Crippen molar-refractivity contribution >= 4 is 5.97 Å². The van der Waals surface area contributed by atoms with Gasteiger partial charge in [0.25, 0.3) is 0 Å².